The number of fused-ring (bicyclic) bond motifs is 7. The highest BCUT2D eigenvalue weighted by atomic mass is 16.8. The number of hydrogen-bond acceptors (Lipinski definition) is 13. The Morgan fingerprint density at radius 2 is 1.37 bits per heavy atom. The molecule has 52 heavy (non-hydrogen) atoms. The van der Waals surface area contributed by atoms with Crippen molar-refractivity contribution in [2.75, 3.05) is 19.8 Å². The average Bonchev–Trinajstić information content (AvgIpc) is 3.58. The number of aliphatic hydroxyl groups is 7. The van der Waals surface area contributed by atoms with Crippen molar-refractivity contribution in [3.05, 3.63) is 0 Å². The van der Waals surface area contributed by atoms with Crippen molar-refractivity contribution in [3.8, 4) is 0 Å². The van der Waals surface area contributed by atoms with Gasteiger partial charge in [-0.05, 0) is 104 Å². The SMILES string of the molecule is CC1C2[C@H](C[C@H]3C4CC[C@@H]5C[C@@H](O[C@@H]6OC(CO)[C@H](O)[C@H](O)C6O[C@@H]6OC(CO)[C@@H](O)[C@H](O)C6O)CC[C@]5(C)C4CC[C@]23C)O[C@]12CC[C@H](C)CO2. The summed E-state index contributed by atoms with van der Waals surface area (Å²) in [4.78, 5) is 0. The fraction of sp³-hybridized carbons (Fsp3) is 1.00. The molecule has 0 radical (unpaired) electrons. The highest BCUT2D eigenvalue weighted by molar-refractivity contribution is 5.15. The molecule has 4 aliphatic heterocycles. The van der Waals surface area contributed by atoms with Gasteiger partial charge in [0, 0.05) is 12.3 Å². The molecule has 4 saturated heterocycles. The monoisotopic (exact) mass is 740 g/mol. The summed E-state index contributed by atoms with van der Waals surface area (Å²) in [5, 5.41) is 72.7. The van der Waals surface area contributed by atoms with Gasteiger partial charge in [-0.15, -0.1) is 0 Å². The molecular weight excluding hydrogens is 676 g/mol. The van der Waals surface area contributed by atoms with Crippen LogP contribution in [0.25, 0.3) is 0 Å². The molecule has 0 aromatic carbocycles. The minimum absolute atomic E-state index is 0.168. The lowest BCUT2D eigenvalue weighted by atomic mass is 9.44. The first-order valence-corrected chi connectivity index (χ1v) is 20.3. The lowest BCUT2D eigenvalue weighted by Crippen LogP contribution is -2.65. The summed E-state index contributed by atoms with van der Waals surface area (Å²) in [6, 6.07) is 0. The topological polar surface area (TPSA) is 197 Å². The first kappa shape index (κ1) is 38.4. The first-order valence-electron chi connectivity index (χ1n) is 20.3. The second kappa shape index (κ2) is 14.1. The van der Waals surface area contributed by atoms with Gasteiger partial charge in [0.25, 0.3) is 0 Å². The molecule has 8 aliphatic rings. The van der Waals surface area contributed by atoms with Crippen molar-refractivity contribution in [2.45, 2.75) is 171 Å². The van der Waals surface area contributed by atoms with E-state index in [9.17, 15) is 35.7 Å². The number of aliphatic hydroxyl groups excluding tert-OH is 7. The molecule has 0 amide bonds. The van der Waals surface area contributed by atoms with Crippen LogP contribution in [0, 0.1) is 52.3 Å². The normalized spacial score (nSPS) is 59.0. The highest BCUT2D eigenvalue weighted by Crippen LogP contribution is 2.71. The maximum Gasteiger partial charge on any atom is 0.187 e. The zero-order valence-corrected chi connectivity index (χ0v) is 31.2. The van der Waals surface area contributed by atoms with Gasteiger partial charge in [-0.2, -0.15) is 0 Å². The molecule has 8 fully saturated rings. The fourth-order valence-electron chi connectivity index (χ4n) is 13.2. The Balaban J connectivity index is 0.942. The number of rotatable bonds is 6. The maximum atomic E-state index is 11.1. The van der Waals surface area contributed by atoms with Crippen LogP contribution in [0.15, 0.2) is 0 Å². The summed E-state index contributed by atoms with van der Waals surface area (Å²) < 4.78 is 37.5. The Morgan fingerprint density at radius 3 is 2.06 bits per heavy atom. The summed E-state index contributed by atoms with van der Waals surface area (Å²) in [5.74, 6) is 3.51. The van der Waals surface area contributed by atoms with E-state index in [4.69, 9.17) is 28.4 Å². The molecule has 7 N–H and O–H groups in total. The average molecular weight is 741 g/mol. The zero-order chi connectivity index (χ0) is 36.9. The third-order valence-corrected chi connectivity index (χ3v) is 16.2. The van der Waals surface area contributed by atoms with Crippen LogP contribution >= 0.6 is 0 Å². The van der Waals surface area contributed by atoms with Crippen molar-refractivity contribution >= 4 is 0 Å². The van der Waals surface area contributed by atoms with E-state index in [0.29, 0.717) is 41.4 Å². The standard InChI is InChI=1S/C39H64O13/c1-18-7-12-39(47-17-18)19(2)28-25(52-39)14-24-22-6-5-20-13-21(8-10-37(20,3)23(22)9-11-38(24,28)4)48-36-34(32(45)30(43)27(16-41)50-36)51-35-33(46)31(44)29(42)26(15-40)49-35/h18-36,40-46H,5-17H2,1-4H3/t18-,19?,20+,21-,22?,23?,24-,25-,26?,27?,28?,29+,30-,31-,32-,33?,34?,35-,36+,37-,38-,39+/m0/s1. The second-order valence-corrected chi connectivity index (χ2v) is 18.7. The van der Waals surface area contributed by atoms with Crippen LogP contribution in [-0.4, -0.2) is 135 Å². The second-order valence-electron chi connectivity index (χ2n) is 18.7. The highest BCUT2D eigenvalue weighted by Gasteiger charge is 2.69. The molecule has 0 aromatic rings. The molecule has 8 rings (SSSR count). The molecule has 298 valence electrons. The van der Waals surface area contributed by atoms with E-state index in [1.54, 1.807) is 0 Å². The van der Waals surface area contributed by atoms with Crippen molar-refractivity contribution in [2.24, 2.45) is 52.3 Å². The van der Waals surface area contributed by atoms with E-state index in [-0.39, 0.29) is 23.0 Å². The van der Waals surface area contributed by atoms with Crippen LogP contribution in [0.5, 0.6) is 0 Å². The van der Waals surface area contributed by atoms with Crippen LogP contribution in [0.3, 0.4) is 0 Å². The predicted molar refractivity (Wildman–Crippen MR) is 183 cm³/mol. The molecule has 0 bridgehead atoms. The third kappa shape index (κ3) is 5.98. The Labute approximate surface area is 307 Å². The number of hydrogen-bond donors (Lipinski definition) is 7. The molecule has 8 unspecified atom stereocenters. The van der Waals surface area contributed by atoms with Gasteiger partial charge >= 0.3 is 0 Å². The molecule has 4 saturated carbocycles. The molecule has 1 spiro atoms. The van der Waals surface area contributed by atoms with Crippen molar-refractivity contribution < 1.29 is 64.2 Å². The quantitative estimate of drug-likeness (QED) is 0.194. The predicted octanol–water partition coefficient (Wildman–Crippen LogP) is 1.44. The summed E-state index contributed by atoms with van der Waals surface area (Å²) >= 11 is 0. The minimum Gasteiger partial charge on any atom is -0.394 e. The van der Waals surface area contributed by atoms with Crippen LogP contribution in [0.2, 0.25) is 0 Å². The summed E-state index contributed by atoms with van der Waals surface area (Å²) in [7, 11) is 0. The van der Waals surface area contributed by atoms with Gasteiger partial charge in [-0.3, -0.25) is 0 Å². The lowest BCUT2D eigenvalue weighted by molar-refractivity contribution is -0.373. The van der Waals surface area contributed by atoms with E-state index >= 15 is 0 Å². The summed E-state index contributed by atoms with van der Waals surface area (Å²) in [6.07, 6.45) is -3.88. The van der Waals surface area contributed by atoms with Crippen molar-refractivity contribution in [1.82, 2.24) is 0 Å². The van der Waals surface area contributed by atoms with E-state index < -0.39 is 80.4 Å². The van der Waals surface area contributed by atoms with Crippen LogP contribution in [0.1, 0.15) is 91.9 Å². The number of ether oxygens (including phenoxy) is 6. The van der Waals surface area contributed by atoms with E-state index in [2.05, 4.69) is 27.7 Å². The Kier molecular flexibility index (Phi) is 10.4. The van der Waals surface area contributed by atoms with Crippen LogP contribution < -0.4 is 0 Å². The molecule has 13 heteroatoms. The fourth-order valence-corrected chi connectivity index (χ4v) is 13.2. The largest absolute Gasteiger partial charge is 0.394 e. The molecule has 0 aromatic heterocycles. The lowest BCUT2D eigenvalue weighted by Gasteiger charge is -2.61. The molecule has 22 atom stereocenters. The molecule has 4 heterocycles. The van der Waals surface area contributed by atoms with Crippen LogP contribution in [0.4, 0.5) is 0 Å². The molecule has 4 aliphatic carbocycles. The summed E-state index contributed by atoms with van der Waals surface area (Å²) in [5.41, 5.74) is 0.425. The summed E-state index contributed by atoms with van der Waals surface area (Å²) in [6.45, 7) is 9.33. The third-order valence-electron chi connectivity index (χ3n) is 16.2. The van der Waals surface area contributed by atoms with Gasteiger partial charge < -0.3 is 64.2 Å². The van der Waals surface area contributed by atoms with Gasteiger partial charge in [0.1, 0.15) is 48.8 Å². The van der Waals surface area contributed by atoms with Crippen molar-refractivity contribution in [1.29, 1.82) is 0 Å². The van der Waals surface area contributed by atoms with Gasteiger partial charge in [-0.25, -0.2) is 0 Å². The Bertz CT molecular complexity index is 1260. The van der Waals surface area contributed by atoms with Gasteiger partial charge in [0.2, 0.25) is 0 Å². The van der Waals surface area contributed by atoms with Gasteiger partial charge in [0.05, 0.1) is 32.0 Å². The minimum atomic E-state index is -1.71. The molecular formula is C39H64O13. The molecule has 13 nitrogen and oxygen atoms in total. The van der Waals surface area contributed by atoms with Gasteiger partial charge in [-0.1, -0.05) is 27.7 Å². The van der Waals surface area contributed by atoms with Crippen LogP contribution in [-0.2, 0) is 28.4 Å². The van der Waals surface area contributed by atoms with E-state index in [1.807, 2.05) is 0 Å². The van der Waals surface area contributed by atoms with Crippen molar-refractivity contribution in [3.63, 3.8) is 0 Å². The Hall–Kier alpha value is -0.520. The van der Waals surface area contributed by atoms with E-state index in [1.165, 1.54) is 25.7 Å². The van der Waals surface area contributed by atoms with Gasteiger partial charge in [0.15, 0.2) is 18.4 Å². The smallest absolute Gasteiger partial charge is 0.187 e. The van der Waals surface area contributed by atoms with E-state index in [0.717, 1.165) is 45.1 Å². The Morgan fingerprint density at radius 1 is 0.673 bits per heavy atom. The zero-order valence-electron chi connectivity index (χ0n) is 31.2. The maximum absolute atomic E-state index is 11.1. The first-order chi connectivity index (χ1) is 24.7.